The molecule has 2 nitrogen and oxygen atoms in total. The molecule has 0 bridgehead atoms. The van der Waals surface area contributed by atoms with Crippen molar-refractivity contribution < 1.29 is 43.8 Å². The van der Waals surface area contributed by atoms with Crippen LogP contribution < -0.4 is 34.7 Å². The zero-order valence-corrected chi connectivity index (χ0v) is 8.93. The van der Waals surface area contributed by atoms with Gasteiger partial charge in [0.1, 0.15) is 5.82 Å². The number of carboxylic acids is 1. The molecule has 12 heavy (non-hydrogen) atoms. The second-order valence-corrected chi connectivity index (χ2v) is 2.25. The van der Waals surface area contributed by atoms with Crippen molar-refractivity contribution in [3.05, 3.63) is 35.1 Å². The molecule has 0 radical (unpaired) electrons. The molecular formula is C8H6FNaO2. The van der Waals surface area contributed by atoms with E-state index in [-0.39, 0.29) is 35.1 Å². The van der Waals surface area contributed by atoms with E-state index in [1.165, 1.54) is 12.1 Å². The van der Waals surface area contributed by atoms with Crippen molar-refractivity contribution in [2.45, 2.75) is 6.92 Å². The maximum Gasteiger partial charge on any atom is 1.00 e. The van der Waals surface area contributed by atoms with Crippen LogP contribution in [0.3, 0.4) is 0 Å². The van der Waals surface area contributed by atoms with Crippen molar-refractivity contribution in [1.29, 1.82) is 0 Å². The van der Waals surface area contributed by atoms with Gasteiger partial charge in [-0.05, 0) is 18.6 Å². The van der Waals surface area contributed by atoms with Gasteiger partial charge in [-0.25, -0.2) is 4.39 Å². The van der Waals surface area contributed by atoms with E-state index in [0.29, 0.717) is 5.56 Å². The molecule has 1 aromatic rings. The van der Waals surface area contributed by atoms with Crippen LogP contribution in [0.5, 0.6) is 0 Å². The van der Waals surface area contributed by atoms with Crippen LogP contribution in [0.15, 0.2) is 18.2 Å². The maximum absolute atomic E-state index is 12.6. The van der Waals surface area contributed by atoms with Crippen LogP contribution in [0.1, 0.15) is 15.9 Å². The number of hydrogen-bond donors (Lipinski definition) is 0. The molecule has 0 saturated carbocycles. The predicted molar refractivity (Wildman–Crippen MR) is 35.5 cm³/mol. The quantitative estimate of drug-likeness (QED) is 0.444. The number of carbonyl (C=O) groups is 1. The normalized spacial score (nSPS) is 8.83. The first kappa shape index (κ1) is 11.6. The molecule has 0 saturated heterocycles. The van der Waals surface area contributed by atoms with Gasteiger partial charge in [0.15, 0.2) is 0 Å². The largest absolute Gasteiger partial charge is 1.00 e. The van der Waals surface area contributed by atoms with E-state index in [1.54, 1.807) is 6.92 Å². The minimum absolute atomic E-state index is 0. The summed E-state index contributed by atoms with van der Waals surface area (Å²) < 4.78 is 12.6. The van der Waals surface area contributed by atoms with Crippen molar-refractivity contribution in [2.24, 2.45) is 0 Å². The monoisotopic (exact) mass is 176 g/mol. The summed E-state index contributed by atoms with van der Waals surface area (Å²) in [5.41, 5.74) is 0.295. The molecule has 0 unspecified atom stereocenters. The summed E-state index contributed by atoms with van der Waals surface area (Å²) in [7, 11) is 0. The number of halogens is 1. The van der Waals surface area contributed by atoms with E-state index < -0.39 is 11.8 Å². The second-order valence-electron chi connectivity index (χ2n) is 2.25. The third-order valence-electron chi connectivity index (χ3n) is 1.41. The molecule has 58 valence electrons. The Morgan fingerprint density at radius 2 is 2.08 bits per heavy atom. The van der Waals surface area contributed by atoms with Gasteiger partial charge in [0.2, 0.25) is 0 Å². The molecule has 0 amide bonds. The van der Waals surface area contributed by atoms with Gasteiger partial charge in [0.25, 0.3) is 0 Å². The fourth-order valence-corrected chi connectivity index (χ4v) is 0.720. The first-order valence-electron chi connectivity index (χ1n) is 3.09. The fraction of sp³-hybridized carbons (Fsp3) is 0.125. The first-order valence-corrected chi connectivity index (χ1v) is 3.09. The summed E-state index contributed by atoms with van der Waals surface area (Å²) in [5, 5.41) is 10.2. The molecule has 0 aliphatic carbocycles. The van der Waals surface area contributed by atoms with Crippen LogP contribution in [0.25, 0.3) is 0 Å². The van der Waals surface area contributed by atoms with Gasteiger partial charge in [0.05, 0.1) is 5.97 Å². The van der Waals surface area contributed by atoms with Gasteiger partial charge >= 0.3 is 29.6 Å². The Kier molecular flexibility index (Phi) is 4.45. The van der Waals surface area contributed by atoms with Crippen molar-refractivity contribution in [3.8, 4) is 0 Å². The summed E-state index contributed by atoms with van der Waals surface area (Å²) in [6, 6.07) is 3.67. The standard InChI is InChI=1S/C8H7FO2.Na/c1-5-2-3-6(8(10)11)4-7(5)9;/h2-4H,1H3,(H,10,11);/q;+1/p-1. The van der Waals surface area contributed by atoms with E-state index in [0.717, 1.165) is 6.07 Å². The molecule has 1 aromatic carbocycles. The van der Waals surface area contributed by atoms with Crippen molar-refractivity contribution in [3.63, 3.8) is 0 Å². The topological polar surface area (TPSA) is 40.1 Å². The zero-order chi connectivity index (χ0) is 8.43. The van der Waals surface area contributed by atoms with Crippen molar-refractivity contribution >= 4 is 5.97 Å². The summed E-state index contributed by atoms with van der Waals surface area (Å²) in [5.74, 6) is -1.88. The van der Waals surface area contributed by atoms with Crippen LogP contribution in [0, 0.1) is 12.7 Å². The number of aryl methyl sites for hydroxylation is 1. The number of rotatable bonds is 1. The summed E-state index contributed by atoms with van der Waals surface area (Å²) >= 11 is 0. The van der Waals surface area contributed by atoms with Crippen molar-refractivity contribution in [1.82, 2.24) is 0 Å². The number of aromatic carboxylic acids is 1. The molecular weight excluding hydrogens is 170 g/mol. The SMILES string of the molecule is Cc1ccc(C(=O)[O-])cc1F.[Na+]. The summed E-state index contributed by atoms with van der Waals surface area (Å²) in [4.78, 5) is 10.2. The van der Waals surface area contributed by atoms with Crippen LogP contribution in [-0.4, -0.2) is 5.97 Å². The molecule has 0 heterocycles. The van der Waals surface area contributed by atoms with E-state index >= 15 is 0 Å². The Bertz CT molecular complexity index is 299. The Morgan fingerprint density at radius 3 is 2.50 bits per heavy atom. The molecule has 1 rings (SSSR count). The number of carboxylic acid groups (broad SMARTS) is 1. The summed E-state index contributed by atoms with van der Waals surface area (Å²) in [6.07, 6.45) is 0. The zero-order valence-electron chi connectivity index (χ0n) is 6.93. The minimum atomic E-state index is -1.36. The first-order chi connectivity index (χ1) is 5.11. The maximum atomic E-state index is 12.6. The molecule has 0 fully saturated rings. The van der Waals surface area contributed by atoms with Gasteiger partial charge in [-0.1, -0.05) is 12.1 Å². The van der Waals surface area contributed by atoms with Gasteiger partial charge in [0, 0.05) is 5.56 Å². The number of carbonyl (C=O) groups excluding carboxylic acids is 1. The molecule has 4 heteroatoms. The number of benzene rings is 1. The molecule has 0 atom stereocenters. The fourth-order valence-electron chi connectivity index (χ4n) is 0.720. The van der Waals surface area contributed by atoms with E-state index in [9.17, 15) is 14.3 Å². The second kappa shape index (κ2) is 4.60. The average Bonchev–Trinajstić information content (AvgIpc) is 1.94. The molecule has 0 aliphatic rings. The summed E-state index contributed by atoms with van der Waals surface area (Å²) in [6.45, 7) is 1.56. The molecule has 0 N–H and O–H groups in total. The molecule has 0 aromatic heterocycles. The smallest absolute Gasteiger partial charge is 0.545 e. The van der Waals surface area contributed by atoms with Crippen molar-refractivity contribution in [2.75, 3.05) is 0 Å². The number of hydrogen-bond acceptors (Lipinski definition) is 2. The van der Waals surface area contributed by atoms with Gasteiger partial charge < -0.3 is 9.90 Å². The van der Waals surface area contributed by atoms with Gasteiger partial charge in [-0.3, -0.25) is 0 Å². The molecule has 0 aliphatic heterocycles. The van der Waals surface area contributed by atoms with E-state index in [4.69, 9.17) is 0 Å². The Hall–Kier alpha value is -0.380. The third-order valence-corrected chi connectivity index (χ3v) is 1.41. The van der Waals surface area contributed by atoms with E-state index in [2.05, 4.69) is 0 Å². The average molecular weight is 176 g/mol. The molecule has 0 spiro atoms. The van der Waals surface area contributed by atoms with E-state index in [1.807, 2.05) is 0 Å². The van der Waals surface area contributed by atoms with Gasteiger partial charge in [-0.2, -0.15) is 0 Å². The van der Waals surface area contributed by atoms with Crippen LogP contribution in [-0.2, 0) is 0 Å². The predicted octanol–water partition coefficient (Wildman–Crippen LogP) is -2.50. The van der Waals surface area contributed by atoms with Crippen LogP contribution in [0.4, 0.5) is 4.39 Å². The Morgan fingerprint density at radius 1 is 1.50 bits per heavy atom. The minimum Gasteiger partial charge on any atom is -0.545 e. The van der Waals surface area contributed by atoms with Crippen LogP contribution in [0.2, 0.25) is 0 Å². The third kappa shape index (κ3) is 2.59. The Labute approximate surface area is 91.7 Å². The Balaban J connectivity index is 0.00000121. The van der Waals surface area contributed by atoms with Crippen LogP contribution >= 0.6 is 0 Å². The van der Waals surface area contributed by atoms with Gasteiger partial charge in [-0.15, -0.1) is 0 Å².